The van der Waals surface area contributed by atoms with Crippen LogP contribution in [0.2, 0.25) is 0 Å². The smallest absolute Gasteiger partial charge is 0.227 e. The molecule has 0 aliphatic carbocycles. The van der Waals surface area contributed by atoms with Crippen LogP contribution in [0.3, 0.4) is 0 Å². The number of ether oxygens (including phenoxy) is 2. The van der Waals surface area contributed by atoms with Gasteiger partial charge in [0.2, 0.25) is 11.8 Å². The van der Waals surface area contributed by atoms with E-state index >= 15 is 0 Å². The van der Waals surface area contributed by atoms with Gasteiger partial charge < -0.3 is 19.7 Å². The Hall–Kier alpha value is -2.08. The zero-order chi connectivity index (χ0) is 16.1. The van der Waals surface area contributed by atoms with Gasteiger partial charge >= 0.3 is 0 Å². The summed E-state index contributed by atoms with van der Waals surface area (Å²) in [5, 5.41) is 2.78. The Bertz CT molecular complexity index is 559. The van der Waals surface area contributed by atoms with Crippen LogP contribution in [0.5, 0.6) is 5.75 Å². The number of hydrogen-bond acceptors (Lipinski definition) is 4. The fraction of sp³-hybridized carbons (Fsp3) is 0.500. The molecule has 1 aliphatic rings. The Balaban J connectivity index is 2.09. The number of benzene rings is 1. The standard InChI is InChI=1S/C16H22N2O4/c1-11-4-5-14(22-3)13(8-11)18-10-12(9-15(18)19)16(20)17-6-7-21-2/h4-5,8,12H,6-7,9-10H2,1-3H3,(H,17,20). The van der Waals surface area contributed by atoms with Gasteiger partial charge in [0.25, 0.3) is 0 Å². The molecule has 0 radical (unpaired) electrons. The minimum absolute atomic E-state index is 0.0595. The molecule has 2 rings (SSSR count). The number of aryl methyl sites for hydroxylation is 1. The molecule has 1 N–H and O–H groups in total. The monoisotopic (exact) mass is 306 g/mol. The first-order chi connectivity index (χ1) is 10.6. The normalized spacial score (nSPS) is 17.7. The summed E-state index contributed by atoms with van der Waals surface area (Å²) in [5.74, 6) is 0.129. The average molecular weight is 306 g/mol. The second kappa shape index (κ2) is 7.26. The molecule has 2 amide bonds. The highest BCUT2D eigenvalue weighted by molar-refractivity contribution is 6.01. The molecule has 1 fully saturated rings. The first-order valence-corrected chi connectivity index (χ1v) is 7.28. The summed E-state index contributed by atoms with van der Waals surface area (Å²) in [7, 11) is 3.15. The number of hydrogen-bond donors (Lipinski definition) is 1. The number of anilines is 1. The molecule has 1 saturated heterocycles. The topological polar surface area (TPSA) is 67.9 Å². The Morgan fingerprint density at radius 1 is 1.41 bits per heavy atom. The maximum atomic E-state index is 12.3. The number of amides is 2. The van der Waals surface area contributed by atoms with E-state index in [2.05, 4.69) is 5.32 Å². The summed E-state index contributed by atoms with van der Waals surface area (Å²) in [4.78, 5) is 26.0. The third kappa shape index (κ3) is 3.57. The van der Waals surface area contributed by atoms with Crippen molar-refractivity contribution in [3.05, 3.63) is 23.8 Å². The van der Waals surface area contributed by atoms with Crippen molar-refractivity contribution in [2.75, 3.05) is 38.8 Å². The largest absolute Gasteiger partial charge is 0.495 e. The predicted molar refractivity (Wildman–Crippen MR) is 83.1 cm³/mol. The van der Waals surface area contributed by atoms with Crippen LogP contribution in [-0.2, 0) is 14.3 Å². The van der Waals surface area contributed by atoms with Crippen molar-refractivity contribution >= 4 is 17.5 Å². The van der Waals surface area contributed by atoms with Gasteiger partial charge in [-0.1, -0.05) is 6.07 Å². The lowest BCUT2D eigenvalue weighted by Gasteiger charge is -2.20. The van der Waals surface area contributed by atoms with E-state index in [1.54, 1.807) is 19.1 Å². The highest BCUT2D eigenvalue weighted by Gasteiger charge is 2.36. The lowest BCUT2D eigenvalue weighted by atomic mass is 10.1. The van der Waals surface area contributed by atoms with Crippen molar-refractivity contribution in [3.8, 4) is 5.75 Å². The Labute approximate surface area is 130 Å². The Kier molecular flexibility index (Phi) is 5.38. The van der Waals surface area contributed by atoms with E-state index < -0.39 is 0 Å². The zero-order valence-corrected chi connectivity index (χ0v) is 13.2. The number of carbonyl (C=O) groups excluding carboxylic acids is 2. The number of carbonyl (C=O) groups is 2. The van der Waals surface area contributed by atoms with Gasteiger partial charge in [-0.05, 0) is 24.6 Å². The third-order valence-electron chi connectivity index (χ3n) is 3.73. The van der Waals surface area contributed by atoms with E-state index in [4.69, 9.17) is 9.47 Å². The van der Waals surface area contributed by atoms with Crippen molar-refractivity contribution in [3.63, 3.8) is 0 Å². The van der Waals surface area contributed by atoms with Crippen molar-refractivity contribution < 1.29 is 19.1 Å². The van der Waals surface area contributed by atoms with E-state index in [-0.39, 0.29) is 24.2 Å². The number of methoxy groups -OCH3 is 2. The molecule has 6 nitrogen and oxygen atoms in total. The maximum Gasteiger partial charge on any atom is 0.227 e. The lowest BCUT2D eigenvalue weighted by Crippen LogP contribution is -2.34. The number of nitrogens with zero attached hydrogens (tertiary/aromatic N) is 1. The molecule has 1 unspecified atom stereocenters. The summed E-state index contributed by atoms with van der Waals surface area (Å²) in [6.45, 7) is 3.24. The third-order valence-corrected chi connectivity index (χ3v) is 3.73. The summed E-state index contributed by atoms with van der Waals surface area (Å²) in [6, 6.07) is 5.67. The van der Waals surface area contributed by atoms with Gasteiger partial charge in [0.05, 0.1) is 25.3 Å². The number of rotatable bonds is 6. The highest BCUT2D eigenvalue weighted by atomic mass is 16.5. The van der Waals surface area contributed by atoms with E-state index in [9.17, 15) is 9.59 Å². The average Bonchev–Trinajstić information content (AvgIpc) is 2.89. The van der Waals surface area contributed by atoms with Crippen LogP contribution in [0.1, 0.15) is 12.0 Å². The van der Waals surface area contributed by atoms with Gasteiger partial charge in [-0.25, -0.2) is 0 Å². The van der Waals surface area contributed by atoms with Crippen molar-refractivity contribution in [2.45, 2.75) is 13.3 Å². The van der Waals surface area contributed by atoms with Crippen LogP contribution >= 0.6 is 0 Å². The number of nitrogens with one attached hydrogen (secondary N) is 1. The first-order valence-electron chi connectivity index (χ1n) is 7.28. The van der Waals surface area contributed by atoms with Crippen molar-refractivity contribution in [1.29, 1.82) is 0 Å². The van der Waals surface area contributed by atoms with E-state index in [1.165, 1.54) is 0 Å². The summed E-state index contributed by atoms with van der Waals surface area (Å²) >= 11 is 0. The first kappa shape index (κ1) is 16.3. The van der Waals surface area contributed by atoms with Crippen LogP contribution in [0.4, 0.5) is 5.69 Å². The van der Waals surface area contributed by atoms with E-state index in [0.29, 0.717) is 25.4 Å². The van der Waals surface area contributed by atoms with Gasteiger partial charge in [0.1, 0.15) is 5.75 Å². The van der Waals surface area contributed by atoms with Crippen LogP contribution in [0.25, 0.3) is 0 Å². The molecule has 0 spiro atoms. The quantitative estimate of drug-likeness (QED) is 0.800. The minimum Gasteiger partial charge on any atom is -0.495 e. The van der Waals surface area contributed by atoms with Crippen LogP contribution in [0.15, 0.2) is 18.2 Å². The summed E-state index contributed by atoms with van der Waals surface area (Å²) in [5.41, 5.74) is 1.76. The van der Waals surface area contributed by atoms with Gasteiger partial charge in [-0.3, -0.25) is 9.59 Å². The zero-order valence-electron chi connectivity index (χ0n) is 13.2. The van der Waals surface area contributed by atoms with Crippen molar-refractivity contribution in [1.82, 2.24) is 5.32 Å². The molecule has 1 aromatic carbocycles. The summed E-state index contributed by atoms with van der Waals surface area (Å²) in [6.07, 6.45) is 0.218. The maximum absolute atomic E-state index is 12.3. The molecule has 1 heterocycles. The molecular weight excluding hydrogens is 284 g/mol. The summed E-state index contributed by atoms with van der Waals surface area (Å²) < 4.78 is 10.2. The van der Waals surface area contributed by atoms with Crippen LogP contribution in [-0.4, -0.2) is 45.7 Å². The fourth-order valence-electron chi connectivity index (χ4n) is 2.55. The van der Waals surface area contributed by atoms with E-state index in [1.807, 2.05) is 25.1 Å². The molecule has 120 valence electrons. The van der Waals surface area contributed by atoms with Gasteiger partial charge in [-0.15, -0.1) is 0 Å². The fourth-order valence-corrected chi connectivity index (χ4v) is 2.55. The molecule has 0 aromatic heterocycles. The van der Waals surface area contributed by atoms with Gasteiger partial charge in [-0.2, -0.15) is 0 Å². The second-order valence-corrected chi connectivity index (χ2v) is 5.36. The highest BCUT2D eigenvalue weighted by Crippen LogP contribution is 2.33. The van der Waals surface area contributed by atoms with E-state index in [0.717, 1.165) is 11.3 Å². The molecule has 1 aliphatic heterocycles. The molecule has 0 saturated carbocycles. The minimum atomic E-state index is -0.338. The predicted octanol–water partition coefficient (Wildman–Crippen LogP) is 1.12. The lowest BCUT2D eigenvalue weighted by molar-refractivity contribution is -0.126. The molecule has 22 heavy (non-hydrogen) atoms. The SMILES string of the molecule is COCCNC(=O)C1CC(=O)N(c2cc(C)ccc2OC)C1. The van der Waals surface area contributed by atoms with Crippen LogP contribution < -0.4 is 15.0 Å². The molecular formula is C16H22N2O4. The van der Waals surface area contributed by atoms with Crippen molar-refractivity contribution in [2.24, 2.45) is 5.92 Å². The second-order valence-electron chi connectivity index (χ2n) is 5.36. The molecule has 1 atom stereocenters. The Morgan fingerprint density at radius 2 is 2.18 bits per heavy atom. The van der Waals surface area contributed by atoms with Gasteiger partial charge in [0, 0.05) is 26.6 Å². The molecule has 6 heteroatoms. The Morgan fingerprint density at radius 3 is 2.86 bits per heavy atom. The van der Waals surface area contributed by atoms with Crippen LogP contribution in [0, 0.1) is 12.8 Å². The molecule has 0 bridgehead atoms. The molecule has 1 aromatic rings. The van der Waals surface area contributed by atoms with Gasteiger partial charge in [0.15, 0.2) is 0 Å².